The number of fused-ring (bicyclic) bond motifs is 1. The van der Waals surface area contributed by atoms with Gasteiger partial charge in [-0.05, 0) is 18.4 Å². The smallest absolute Gasteiger partial charge is 0.394 e. The molecule has 19 heteroatoms. The standard InChI is InChI=1S/C20H27N8O10P/c1-8-4-12(28-7-23-13-16(28)25-19(22)26-17(13)31)36-10(8)6-35-39(33,34)38-15-9(5-29)37-18(14(15)30)27-3-2-11(21)24-20(27)32/h2-3,7-10,12,14-15,18,29-30H,4-6H2,1H3,(H,33,34)(H2,21,24,32)(H3,22,25,26,31). The third kappa shape index (κ3) is 5.32. The zero-order valence-electron chi connectivity index (χ0n) is 20.4. The zero-order chi connectivity index (χ0) is 28.1. The van der Waals surface area contributed by atoms with Crippen LogP contribution in [0.3, 0.4) is 0 Å². The quantitative estimate of drug-likeness (QED) is 0.163. The molecule has 8 atom stereocenters. The van der Waals surface area contributed by atoms with Gasteiger partial charge >= 0.3 is 13.5 Å². The lowest BCUT2D eigenvalue weighted by Crippen LogP contribution is -2.37. The number of aliphatic hydroxyl groups is 2. The lowest BCUT2D eigenvalue weighted by molar-refractivity contribution is -0.0559. The number of nitrogens with one attached hydrogen (secondary N) is 1. The first-order valence-electron chi connectivity index (χ1n) is 11.8. The molecular weight excluding hydrogens is 543 g/mol. The van der Waals surface area contributed by atoms with E-state index in [0.29, 0.717) is 6.42 Å². The Labute approximate surface area is 218 Å². The van der Waals surface area contributed by atoms with E-state index in [1.807, 2.05) is 6.92 Å². The summed E-state index contributed by atoms with van der Waals surface area (Å²) in [6.45, 7) is 0.775. The Morgan fingerprint density at radius 3 is 2.72 bits per heavy atom. The van der Waals surface area contributed by atoms with E-state index in [1.54, 1.807) is 4.57 Å². The van der Waals surface area contributed by atoms with Gasteiger partial charge in [0.05, 0.1) is 25.6 Å². The number of hydrogen-bond acceptors (Lipinski definition) is 14. The number of anilines is 2. The van der Waals surface area contributed by atoms with Crippen molar-refractivity contribution < 1.29 is 38.2 Å². The summed E-state index contributed by atoms with van der Waals surface area (Å²) in [6.07, 6.45) is -4.01. The number of phosphoric ester groups is 1. The summed E-state index contributed by atoms with van der Waals surface area (Å²) >= 11 is 0. The second-order valence-electron chi connectivity index (χ2n) is 9.23. The predicted octanol–water partition coefficient (Wildman–Crippen LogP) is -1.78. The van der Waals surface area contributed by atoms with E-state index in [-0.39, 0.29) is 35.5 Å². The highest BCUT2D eigenvalue weighted by molar-refractivity contribution is 7.47. The average Bonchev–Trinajstić information content (AvgIpc) is 3.54. The number of hydrogen-bond donors (Lipinski definition) is 6. The minimum absolute atomic E-state index is 0.0515. The molecule has 18 nitrogen and oxygen atoms in total. The molecule has 0 aliphatic carbocycles. The predicted molar refractivity (Wildman–Crippen MR) is 131 cm³/mol. The fourth-order valence-electron chi connectivity index (χ4n) is 4.60. The van der Waals surface area contributed by atoms with E-state index < -0.39 is 62.6 Å². The van der Waals surface area contributed by atoms with Crippen LogP contribution in [0.5, 0.6) is 0 Å². The molecule has 0 saturated carbocycles. The summed E-state index contributed by atoms with van der Waals surface area (Å²) in [4.78, 5) is 48.7. The van der Waals surface area contributed by atoms with Crippen LogP contribution >= 0.6 is 7.82 Å². The summed E-state index contributed by atoms with van der Waals surface area (Å²) in [6, 6.07) is 1.30. The molecule has 2 aliphatic rings. The van der Waals surface area contributed by atoms with Crippen molar-refractivity contribution >= 4 is 30.8 Å². The maximum atomic E-state index is 12.8. The molecule has 0 radical (unpaired) electrons. The Balaban J connectivity index is 1.24. The number of phosphoric acid groups is 1. The van der Waals surface area contributed by atoms with Crippen LogP contribution in [0, 0.1) is 5.92 Å². The lowest BCUT2D eigenvalue weighted by atomic mass is 10.0. The number of rotatable bonds is 8. The number of nitrogen functional groups attached to an aromatic ring is 2. The van der Waals surface area contributed by atoms with Gasteiger partial charge in [-0.3, -0.25) is 28.0 Å². The molecule has 0 amide bonds. The minimum atomic E-state index is -4.83. The topological polar surface area (TPSA) is 265 Å². The Hall–Kier alpha value is -3.22. The number of aliphatic hydroxyl groups excluding tert-OH is 2. The molecule has 212 valence electrons. The van der Waals surface area contributed by atoms with Gasteiger partial charge in [-0.1, -0.05) is 6.92 Å². The van der Waals surface area contributed by atoms with Crippen LogP contribution < -0.4 is 22.7 Å². The van der Waals surface area contributed by atoms with Gasteiger partial charge in [0.2, 0.25) is 5.95 Å². The summed E-state index contributed by atoms with van der Waals surface area (Å²) in [5, 5.41) is 20.4. The van der Waals surface area contributed by atoms with Gasteiger partial charge in [0.15, 0.2) is 17.4 Å². The van der Waals surface area contributed by atoms with Crippen molar-refractivity contribution in [2.24, 2.45) is 5.92 Å². The molecule has 39 heavy (non-hydrogen) atoms. The van der Waals surface area contributed by atoms with Gasteiger partial charge in [-0.2, -0.15) is 9.97 Å². The van der Waals surface area contributed by atoms with Crippen LogP contribution in [0.4, 0.5) is 11.8 Å². The first-order chi connectivity index (χ1) is 18.5. The molecule has 5 rings (SSSR count). The number of imidazole rings is 1. The van der Waals surface area contributed by atoms with Gasteiger partial charge in [-0.25, -0.2) is 14.3 Å². The van der Waals surface area contributed by atoms with E-state index >= 15 is 0 Å². The Kier molecular flexibility index (Phi) is 7.29. The molecule has 2 saturated heterocycles. The highest BCUT2D eigenvalue weighted by atomic mass is 31.2. The fraction of sp³-hybridized carbons (Fsp3) is 0.550. The van der Waals surface area contributed by atoms with Crippen molar-refractivity contribution in [1.82, 2.24) is 29.1 Å². The van der Waals surface area contributed by atoms with E-state index in [4.69, 9.17) is 30.0 Å². The van der Waals surface area contributed by atoms with Crippen molar-refractivity contribution in [3.8, 4) is 0 Å². The van der Waals surface area contributed by atoms with E-state index in [2.05, 4.69) is 19.9 Å². The van der Waals surface area contributed by atoms with Crippen molar-refractivity contribution in [1.29, 1.82) is 0 Å². The Morgan fingerprint density at radius 2 is 2.00 bits per heavy atom. The maximum Gasteiger partial charge on any atom is 0.472 e. The third-order valence-electron chi connectivity index (χ3n) is 6.57. The first kappa shape index (κ1) is 27.4. The second kappa shape index (κ2) is 10.4. The highest BCUT2D eigenvalue weighted by Gasteiger charge is 2.49. The van der Waals surface area contributed by atoms with Gasteiger partial charge < -0.3 is 36.0 Å². The first-order valence-corrected chi connectivity index (χ1v) is 13.3. The number of ether oxygens (including phenoxy) is 2. The molecule has 0 bridgehead atoms. The molecule has 0 spiro atoms. The monoisotopic (exact) mass is 570 g/mol. The zero-order valence-corrected chi connectivity index (χ0v) is 21.3. The van der Waals surface area contributed by atoms with Crippen molar-refractivity contribution in [2.75, 3.05) is 24.7 Å². The molecule has 5 heterocycles. The SMILES string of the molecule is CC1CC(n2cnc3c(=O)[nH]c(N)nc32)OC1COP(=O)(O)OC1C(CO)OC(n2ccc(N)nc2=O)C1O. The molecule has 0 aromatic carbocycles. The number of aromatic amines is 1. The number of aromatic nitrogens is 6. The van der Waals surface area contributed by atoms with Crippen LogP contribution in [0.25, 0.3) is 11.2 Å². The highest BCUT2D eigenvalue weighted by Crippen LogP contribution is 2.49. The molecule has 3 aromatic heterocycles. The number of H-pyrrole nitrogens is 1. The van der Waals surface area contributed by atoms with Crippen molar-refractivity contribution in [2.45, 2.75) is 50.2 Å². The van der Waals surface area contributed by atoms with Crippen LogP contribution in [0.2, 0.25) is 0 Å². The summed E-state index contributed by atoms with van der Waals surface area (Å²) in [5.74, 6) is -0.298. The van der Waals surface area contributed by atoms with Crippen LogP contribution in [0.15, 0.2) is 28.2 Å². The second-order valence-corrected chi connectivity index (χ2v) is 10.6. The molecule has 8 N–H and O–H groups in total. The van der Waals surface area contributed by atoms with E-state index in [1.165, 1.54) is 18.6 Å². The number of nitrogens with zero attached hydrogens (tertiary/aromatic N) is 5. The molecular formula is C20H27N8O10P. The van der Waals surface area contributed by atoms with Crippen LogP contribution in [0.1, 0.15) is 25.8 Å². The van der Waals surface area contributed by atoms with Crippen molar-refractivity contribution in [3.63, 3.8) is 0 Å². The van der Waals surface area contributed by atoms with Gasteiger partial charge in [0.1, 0.15) is 30.4 Å². The molecule has 2 fully saturated rings. The maximum absolute atomic E-state index is 12.8. The van der Waals surface area contributed by atoms with E-state index in [0.717, 1.165) is 4.57 Å². The van der Waals surface area contributed by atoms with E-state index in [9.17, 15) is 29.3 Å². The Morgan fingerprint density at radius 1 is 1.23 bits per heavy atom. The largest absolute Gasteiger partial charge is 0.472 e. The number of nitrogens with two attached hydrogens (primary N) is 2. The van der Waals surface area contributed by atoms with Crippen LogP contribution in [-0.2, 0) is 23.1 Å². The van der Waals surface area contributed by atoms with Gasteiger partial charge in [-0.15, -0.1) is 0 Å². The molecule has 8 unspecified atom stereocenters. The molecule has 2 aliphatic heterocycles. The van der Waals surface area contributed by atoms with Gasteiger partial charge in [0, 0.05) is 6.20 Å². The summed E-state index contributed by atoms with van der Waals surface area (Å²) in [5.41, 5.74) is 10.1. The lowest BCUT2D eigenvalue weighted by Gasteiger charge is -2.24. The summed E-state index contributed by atoms with van der Waals surface area (Å²) in [7, 11) is -4.83. The third-order valence-corrected chi connectivity index (χ3v) is 7.56. The minimum Gasteiger partial charge on any atom is -0.394 e. The van der Waals surface area contributed by atoms with Crippen molar-refractivity contribution in [3.05, 3.63) is 39.4 Å². The normalized spacial score (nSPS) is 30.6. The fourth-order valence-corrected chi connectivity index (χ4v) is 5.56. The Bertz CT molecular complexity index is 1530. The van der Waals surface area contributed by atoms with Crippen LogP contribution in [-0.4, -0.2) is 81.8 Å². The van der Waals surface area contributed by atoms with Gasteiger partial charge in [0.25, 0.3) is 5.56 Å². The summed E-state index contributed by atoms with van der Waals surface area (Å²) < 4.78 is 37.0. The molecule has 3 aromatic rings. The average molecular weight is 570 g/mol.